The second-order valence-corrected chi connectivity index (χ2v) is 6.79. The molecule has 1 aliphatic carbocycles. The van der Waals surface area contributed by atoms with Gasteiger partial charge in [-0.2, -0.15) is 0 Å². The number of hydrogen-bond acceptors (Lipinski definition) is 4. The molecule has 21 heavy (non-hydrogen) atoms. The molecular formula is C14H22N4O2S. The summed E-state index contributed by atoms with van der Waals surface area (Å²) in [6.45, 7) is 3.01. The molecule has 0 spiro atoms. The van der Waals surface area contributed by atoms with Gasteiger partial charge in [-0.3, -0.25) is 9.36 Å². The van der Waals surface area contributed by atoms with Crippen molar-refractivity contribution in [2.75, 3.05) is 12.3 Å². The number of amides is 1. The number of rotatable bonds is 5. The van der Waals surface area contributed by atoms with Crippen LogP contribution in [0.15, 0.2) is 9.95 Å². The summed E-state index contributed by atoms with van der Waals surface area (Å²) in [4.78, 5) is 26.1. The highest BCUT2D eigenvalue weighted by atomic mass is 32.2. The fraction of sp³-hybridized carbons (Fsp3) is 0.786. The van der Waals surface area contributed by atoms with E-state index in [2.05, 4.69) is 17.1 Å². The van der Waals surface area contributed by atoms with Gasteiger partial charge in [-0.25, -0.2) is 9.89 Å². The smallest absolute Gasteiger partial charge is 0.339 e. The molecule has 0 aromatic carbocycles. The third-order valence-corrected chi connectivity index (χ3v) is 5.27. The number of carbonyl (C=O) groups is 1. The van der Waals surface area contributed by atoms with Gasteiger partial charge in [0, 0.05) is 18.6 Å². The first kappa shape index (κ1) is 14.7. The summed E-state index contributed by atoms with van der Waals surface area (Å²) >= 11 is 1.38. The van der Waals surface area contributed by atoms with E-state index in [0.29, 0.717) is 17.0 Å². The zero-order valence-electron chi connectivity index (χ0n) is 12.4. The van der Waals surface area contributed by atoms with Gasteiger partial charge in [0.25, 0.3) is 0 Å². The van der Waals surface area contributed by atoms with Crippen LogP contribution in [0, 0.1) is 0 Å². The third kappa shape index (κ3) is 3.17. The number of H-pyrrole nitrogens is 1. The zero-order valence-corrected chi connectivity index (χ0v) is 13.2. The first-order chi connectivity index (χ1) is 10.2. The van der Waals surface area contributed by atoms with E-state index in [9.17, 15) is 9.59 Å². The number of nitrogens with one attached hydrogen (secondary N) is 1. The predicted molar refractivity (Wildman–Crippen MR) is 81.5 cm³/mol. The van der Waals surface area contributed by atoms with E-state index >= 15 is 0 Å². The van der Waals surface area contributed by atoms with Crippen LogP contribution in [0.3, 0.4) is 0 Å². The minimum atomic E-state index is -0.156. The average molecular weight is 310 g/mol. The van der Waals surface area contributed by atoms with E-state index in [-0.39, 0.29) is 17.6 Å². The van der Waals surface area contributed by atoms with Crippen LogP contribution < -0.4 is 5.69 Å². The van der Waals surface area contributed by atoms with E-state index in [1.165, 1.54) is 18.2 Å². The van der Waals surface area contributed by atoms with Crippen molar-refractivity contribution in [3.63, 3.8) is 0 Å². The molecule has 2 heterocycles. The number of aromatic amines is 1. The first-order valence-corrected chi connectivity index (χ1v) is 8.78. The largest absolute Gasteiger partial charge is 0.344 e. The van der Waals surface area contributed by atoms with Gasteiger partial charge in [-0.05, 0) is 38.5 Å². The quantitative estimate of drug-likeness (QED) is 0.842. The van der Waals surface area contributed by atoms with Crippen molar-refractivity contribution < 1.29 is 4.79 Å². The minimum Gasteiger partial charge on any atom is -0.339 e. The number of piperidine rings is 1. The van der Waals surface area contributed by atoms with Crippen LogP contribution >= 0.6 is 11.8 Å². The summed E-state index contributed by atoms with van der Waals surface area (Å²) in [5.41, 5.74) is -0.156. The standard InChI is InChI=1S/C14H22N4O2S/c1-2-10-5-3-4-8-17(10)12(19)9-21-14-16-15-13(20)18(14)11-6-7-11/h10-11H,2-9H2,1H3,(H,15,20)/t10-/m0/s1. The molecule has 7 heteroatoms. The lowest BCUT2D eigenvalue weighted by Crippen LogP contribution is -2.44. The van der Waals surface area contributed by atoms with Gasteiger partial charge < -0.3 is 4.90 Å². The topological polar surface area (TPSA) is 71.0 Å². The molecule has 1 N–H and O–H groups in total. The number of likely N-dealkylation sites (tertiary alicyclic amines) is 1. The molecule has 116 valence electrons. The summed E-state index contributed by atoms with van der Waals surface area (Å²) in [7, 11) is 0. The normalized spacial score (nSPS) is 22.5. The molecule has 1 atom stereocenters. The van der Waals surface area contributed by atoms with Crippen LogP contribution in [0.1, 0.15) is 51.5 Å². The molecule has 1 aromatic heterocycles. The summed E-state index contributed by atoms with van der Waals surface area (Å²) < 4.78 is 1.70. The van der Waals surface area contributed by atoms with Crippen molar-refractivity contribution in [2.24, 2.45) is 0 Å². The molecule has 2 fully saturated rings. The Morgan fingerprint density at radius 2 is 2.19 bits per heavy atom. The Labute approximate surface area is 128 Å². The van der Waals surface area contributed by atoms with Crippen LogP contribution in [0.2, 0.25) is 0 Å². The van der Waals surface area contributed by atoms with E-state index in [4.69, 9.17) is 0 Å². The van der Waals surface area contributed by atoms with E-state index in [1.54, 1.807) is 4.57 Å². The van der Waals surface area contributed by atoms with E-state index < -0.39 is 0 Å². The maximum Gasteiger partial charge on any atom is 0.344 e. The highest BCUT2D eigenvalue weighted by Crippen LogP contribution is 2.36. The van der Waals surface area contributed by atoms with Crippen LogP contribution in [0.5, 0.6) is 0 Å². The number of thioether (sulfide) groups is 1. The second kappa shape index (κ2) is 6.25. The molecular weight excluding hydrogens is 288 g/mol. The average Bonchev–Trinajstić information content (AvgIpc) is 3.28. The fourth-order valence-corrected chi connectivity index (χ4v) is 3.91. The Hall–Kier alpha value is -1.24. The summed E-state index contributed by atoms with van der Waals surface area (Å²) in [6.07, 6.45) is 6.52. The van der Waals surface area contributed by atoms with Crippen molar-refractivity contribution in [3.05, 3.63) is 10.5 Å². The summed E-state index contributed by atoms with van der Waals surface area (Å²) in [5.74, 6) is 0.539. The van der Waals surface area contributed by atoms with Gasteiger partial charge in [-0.15, -0.1) is 5.10 Å². The Bertz CT molecular complexity index is 564. The fourth-order valence-electron chi connectivity index (χ4n) is 3.01. The van der Waals surface area contributed by atoms with Gasteiger partial charge in [0.1, 0.15) is 0 Å². The summed E-state index contributed by atoms with van der Waals surface area (Å²) in [6, 6.07) is 0.670. The molecule has 0 unspecified atom stereocenters. The van der Waals surface area contributed by atoms with Crippen molar-refractivity contribution >= 4 is 17.7 Å². The summed E-state index contributed by atoms with van der Waals surface area (Å²) in [5, 5.41) is 7.20. The number of hydrogen-bond donors (Lipinski definition) is 1. The molecule has 1 aliphatic heterocycles. The minimum absolute atomic E-state index is 0.156. The van der Waals surface area contributed by atoms with Crippen LogP contribution in [0.25, 0.3) is 0 Å². The van der Waals surface area contributed by atoms with Gasteiger partial charge in [0.05, 0.1) is 5.75 Å². The lowest BCUT2D eigenvalue weighted by atomic mass is 10.0. The highest BCUT2D eigenvalue weighted by molar-refractivity contribution is 7.99. The van der Waals surface area contributed by atoms with Crippen molar-refractivity contribution in [1.82, 2.24) is 19.7 Å². The molecule has 0 radical (unpaired) electrons. The van der Waals surface area contributed by atoms with E-state index in [0.717, 1.165) is 38.6 Å². The molecule has 0 bridgehead atoms. The Kier molecular flexibility index (Phi) is 4.37. The number of carbonyl (C=O) groups excluding carboxylic acids is 1. The SMILES string of the molecule is CC[C@H]1CCCCN1C(=O)CSc1n[nH]c(=O)n1C1CC1. The zero-order chi connectivity index (χ0) is 14.8. The lowest BCUT2D eigenvalue weighted by molar-refractivity contribution is -0.132. The third-order valence-electron chi connectivity index (χ3n) is 4.33. The molecule has 6 nitrogen and oxygen atoms in total. The van der Waals surface area contributed by atoms with Crippen molar-refractivity contribution in [3.8, 4) is 0 Å². The van der Waals surface area contributed by atoms with Gasteiger partial charge in [0.2, 0.25) is 5.91 Å². The van der Waals surface area contributed by atoms with Crippen LogP contribution in [-0.4, -0.2) is 43.9 Å². The second-order valence-electron chi connectivity index (χ2n) is 5.85. The number of nitrogens with zero attached hydrogens (tertiary/aromatic N) is 3. The van der Waals surface area contributed by atoms with Crippen LogP contribution in [0.4, 0.5) is 0 Å². The Morgan fingerprint density at radius 3 is 2.90 bits per heavy atom. The molecule has 2 aliphatic rings. The van der Waals surface area contributed by atoms with Crippen molar-refractivity contribution in [1.29, 1.82) is 0 Å². The first-order valence-electron chi connectivity index (χ1n) is 7.80. The van der Waals surface area contributed by atoms with Crippen LogP contribution in [-0.2, 0) is 4.79 Å². The van der Waals surface area contributed by atoms with E-state index in [1.807, 2.05) is 4.90 Å². The van der Waals surface area contributed by atoms with Gasteiger partial charge >= 0.3 is 5.69 Å². The lowest BCUT2D eigenvalue weighted by Gasteiger charge is -2.35. The highest BCUT2D eigenvalue weighted by Gasteiger charge is 2.30. The number of aromatic nitrogens is 3. The molecule has 1 amide bonds. The van der Waals surface area contributed by atoms with Gasteiger partial charge in [0.15, 0.2) is 5.16 Å². The van der Waals surface area contributed by atoms with Gasteiger partial charge in [-0.1, -0.05) is 18.7 Å². The predicted octanol–water partition coefficient (Wildman–Crippen LogP) is 1.79. The molecule has 1 aromatic rings. The van der Waals surface area contributed by atoms with Crippen molar-refractivity contribution in [2.45, 2.75) is 62.7 Å². The molecule has 1 saturated carbocycles. The maximum absolute atomic E-state index is 12.4. The Balaban J connectivity index is 1.62. The Morgan fingerprint density at radius 1 is 1.38 bits per heavy atom. The molecule has 3 rings (SSSR count). The monoisotopic (exact) mass is 310 g/mol. The molecule has 1 saturated heterocycles. The maximum atomic E-state index is 12.4.